The number of carbonyl (C=O) groups excluding carboxylic acids is 3. The van der Waals surface area contributed by atoms with Crippen LogP contribution in [0.25, 0.3) is 0 Å². The van der Waals surface area contributed by atoms with Crippen LogP contribution in [-0.4, -0.2) is 82.1 Å². The van der Waals surface area contributed by atoms with Gasteiger partial charge in [-0.05, 0) is 93.1 Å². The number of likely N-dealkylation sites (tertiary alicyclic amines) is 2. The van der Waals surface area contributed by atoms with Gasteiger partial charge in [0.25, 0.3) is 0 Å². The number of β-lactam (4-membered cyclic amide) rings is 1. The lowest BCUT2D eigenvalue weighted by Crippen LogP contribution is -2.69. The number of carboxylic acids is 1. The monoisotopic (exact) mass is 712 g/mol. The van der Waals surface area contributed by atoms with Crippen LogP contribution < -0.4 is 14.4 Å². The minimum atomic E-state index is -4.82. The molecule has 2 aromatic carbocycles. The van der Waals surface area contributed by atoms with Gasteiger partial charge < -0.3 is 24.2 Å². The standard InChI is InChI=1S/C36H39F3N4O8/c1-35(2,3)51-34(48)42(20-22-7-11-26(49-4)12-8-22)29-19-23(15-16-40-29)18-28-30(32(45)46)43(31(28)44)33(47)41-17-5-6-25(21-41)24-9-13-27(14-10-24)50-36(37,38)39/h7-16,19,25,28,30H,5-6,17-18,20-21H2,1-4H3,(H,45,46)/t25?,28-,30+/m1/s1. The van der Waals surface area contributed by atoms with Crippen LogP contribution in [0.1, 0.15) is 56.2 Å². The molecule has 2 saturated heterocycles. The van der Waals surface area contributed by atoms with Gasteiger partial charge in [0.1, 0.15) is 22.9 Å². The fourth-order valence-electron chi connectivity index (χ4n) is 6.22. The van der Waals surface area contributed by atoms with Crippen molar-refractivity contribution < 1.29 is 51.7 Å². The van der Waals surface area contributed by atoms with Gasteiger partial charge in [0.2, 0.25) is 5.91 Å². The number of aliphatic carboxylic acids is 1. The molecule has 4 amide bonds. The molecule has 2 fully saturated rings. The lowest BCUT2D eigenvalue weighted by atomic mass is 9.82. The molecule has 2 aliphatic rings. The van der Waals surface area contributed by atoms with Gasteiger partial charge in [-0.1, -0.05) is 24.3 Å². The minimum absolute atomic E-state index is 0.0330. The van der Waals surface area contributed by atoms with E-state index in [4.69, 9.17) is 9.47 Å². The van der Waals surface area contributed by atoms with E-state index in [1.165, 1.54) is 40.3 Å². The van der Waals surface area contributed by atoms with E-state index in [0.717, 1.165) is 10.5 Å². The molecule has 3 atom stereocenters. The molecule has 1 N–H and O–H groups in total. The molecule has 5 rings (SSSR count). The van der Waals surface area contributed by atoms with E-state index in [-0.39, 0.29) is 43.5 Å². The van der Waals surface area contributed by atoms with Crippen molar-refractivity contribution in [1.29, 1.82) is 0 Å². The SMILES string of the molecule is COc1ccc(CN(C(=O)OC(C)(C)C)c2cc(C[C@H]3C(=O)N(C(=O)N4CCCC(c5ccc(OC(F)(F)F)cc5)C4)[C@@H]3C(=O)O)ccn2)cc1. The van der Waals surface area contributed by atoms with Gasteiger partial charge >= 0.3 is 24.5 Å². The number of rotatable bonds is 9. The molecule has 15 heteroatoms. The Kier molecular flexibility index (Phi) is 10.8. The van der Waals surface area contributed by atoms with Gasteiger partial charge in [-0.2, -0.15) is 0 Å². The molecular formula is C36H39F3N4O8. The van der Waals surface area contributed by atoms with Crippen LogP contribution in [0.5, 0.6) is 11.5 Å². The number of alkyl halides is 3. The predicted molar refractivity (Wildman–Crippen MR) is 177 cm³/mol. The molecule has 0 bridgehead atoms. The molecule has 0 aliphatic carbocycles. The Labute approximate surface area is 292 Å². The largest absolute Gasteiger partial charge is 0.573 e. The van der Waals surface area contributed by atoms with Crippen LogP contribution in [0.3, 0.4) is 0 Å². The second-order valence-corrected chi connectivity index (χ2v) is 13.4. The maximum absolute atomic E-state index is 13.6. The lowest BCUT2D eigenvalue weighted by molar-refractivity contribution is -0.274. The van der Waals surface area contributed by atoms with Crippen molar-refractivity contribution >= 4 is 29.8 Å². The number of imide groups is 1. The number of hydrogen-bond acceptors (Lipinski definition) is 8. The molecule has 272 valence electrons. The highest BCUT2D eigenvalue weighted by Crippen LogP contribution is 2.35. The fraction of sp³-hybridized carbons (Fsp3) is 0.417. The van der Waals surface area contributed by atoms with Crippen LogP contribution in [0, 0.1) is 5.92 Å². The summed E-state index contributed by atoms with van der Waals surface area (Å²) in [5.74, 6) is -2.79. The summed E-state index contributed by atoms with van der Waals surface area (Å²) in [6.07, 6.45) is -2.87. The van der Waals surface area contributed by atoms with Crippen LogP contribution >= 0.6 is 0 Å². The van der Waals surface area contributed by atoms with E-state index < -0.39 is 47.9 Å². The number of halogens is 3. The van der Waals surface area contributed by atoms with Crippen molar-refractivity contribution in [2.45, 2.75) is 70.5 Å². The molecule has 0 radical (unpaired) electrons. The number of aromatic nitrogens is 1. The van der Waals surface area contributed by atoms with Gasteiger partial charge in [-0.25, -0.2) is 24.3 Å². The van der Waals surface area contributed by atoms with Crippen LogP contribution in [-0.2, 0) is 27.3 Å². The first-order valence-corrected chi connectivity index (χ1v) is 16.3. The average Bonchev–Trinajstić information content (AvgIpc) is 3.07. The average molecular weight is 713 g/mol. The highest BCUT2D eigenvalue weighted by Gasteiger charge is 2.55. The van der Waals surface area contributed by atoms with Gasteiger partial charge in [0.05, 0.1) is 19.6 Å². The van der Waals surface area contributed by atoms with Crippen LogP contribution in [0.15, 0.2) is 66.9 Å². The summed E-state index contributed by atoms with van der Waals surface area (Å²) in [5, 5.41) is 10.1. The normalized spacial score (nSPS) is 19.2. The predicted octanol–water partition coefficient (Wildman–Crippen LogP) is 6.38. The minimum Gasteiger partial charge on any atom is -0.497 e. The first kappa shape index (κ1) is 36.9. The second kappa shape index (κ2) is 14.9. The maximum atomic E-state index is 13.6. The molecule has 51 heavy (non-hydrogen) atoms. The zero-order valence-electron chi connectivity index (χ0n) is 28.6. The van der Waals surface area contributed by atoms with Crippen molar-refractivity contribution in [1.82, 2.24) is 14.8 Å². The number of carbonyl (C=O) groups is 4. The lowest BCUT2D eigenvalue weighted by Gasteiger charge is -2.46. The molecule has 1 unspecified atom stereocenters. The topological polar surface area (TPSA) is 139 Å². The van der Waals surface area contributed by atoms with Crippen molar-refractivity contribution in [3.63, 3.8) is 0 Å². The summed E-state index contributed by atoms with van der Waals surface area (Å²) >= 11 is 0. The Bertz CT molecular complexity index is 1740. The summed E-state index contributed by atoms with van der Waals surface area (Å²) in [4.78, 5) is 60.7. The Morgan fingerprint density at radius 2 is 1.65 bits per heavy atom. The maximum Gasteiger partial charge on any atom is 0.573 e. The molecule has 3 aromatic rings. The molecular weight excluding hydrogens is 673 g/mol. The molecule has 0 saturated carbocycles. The number of hydrogen-bond donors (Lipinski definition) is 1. The highest BCUT2D eigenvalue weighted by molar-refractivity contribution is 6.07. The number of piperidine rings is 1. The smallest absolute Gasteiger partial charge is 0.497 e. The Balaban J connectivity index is 1.29. The van der Waals surface area contributed by atoms with E-state index in [9.17, 15) is 37.5 Å². The number of nitrogens with zero attached hydrogens (tertiary/aromatic N) is 4. The number of benzene rings is 2. The Morgan fingerprint density at radius 3 is 2.25 bits per heavy atom. The number of carboxylic acid groups (broad SMARTS) is 1. The quantitative estimate of drug-likeness (QED) is 0.250. The van der Waals surface area contributed by atoms with Gasteiger partial charge in [0, 0.05) is 25.2 Å². The third-order valence-electron chi connectivity index (χ3n) is 8.61. The zero-order chi connectivity index (χ0) is 37.1. The van der Waals surface area contributed by atoms with Crippen LogP contribution in [0.2, 0.25) is 0 Å². The van der Waals surface area contributed by atoms with Crippen molar-refractivity contribution in [3.8, 4) is 11.5 Å². The number of anilines is 1. The fourth-order valence-corrected chi connectivity index (χ4v) is 6.22. The molecule has 2 aliphatic heterocycles. The molecule has 3 heterocycles. The highest BCUT2D eigenvalue weighted by atomic mass is 19.4. The van der Waals surface area contributed by atoms with E-state index in [0.29, 0.717) is 29.7 Å². The van der Waals surface area contributed by atoms with Crippen molar-refractivity contribution in [2.24, 2.45) is 5.92 Å². The molecule has 0 spiro atoms. The zero-order valence-corrected chi connectivity index (χ0v) is 28.6. The third kappa shape index (κ3) is 9.07. The second-order valence-electron chi connectivity index (χ2n) is 13.4. The molecule has 12 nitrogen and oxygen atoms in total. The van der Waals surface area contributed by atoms with E-state index >= 15 is 0 Å². The first-order valence-electron chi connectivity index (χ1n) is 16.3. The number of urea groups is 1. The van der Waals surface area contributed by atoms with Gasteiger partial charge in [-0.15, -0.1) is 13.2 Å². The Hall–Kier alpha value is -5.34. The summed E-state index contributed by atoms with van der Waals surface area (Å²) in [6.45, 7) is 5.75. The van der Waals surface area contributed by atoms with Crippen LogP contribution in [0.4, 0.5) is 28.6 Å². The number of pyridine rings is 1. The Morgan fingerprint density at radius 1 is 0.980 bits per heavy atom. The summed E-state index contributed by atoms with van der Waals surface area (Å²) in [5.41, 5.74) is 1.16. The summed E-state index contributed by atoms with van der Waals surface area (Å²) in [6, 6.07) is 13.5. The van der Waals surface area contributed by atoms with Gasteiger partial charge in [-0.3, -0.25) is 9.69 Å². The first-order chi connectivity index (χ1) is 24.0. The van der Waals surface area contributed by atoms with Crippen molar-refractivity contribution in [3.05, 3.63) is 83.6 Å². The molecule has 1 aromatic heterocycles. The van der Waals surface area contributed by atoms with E-state index in [2.05, 4.69) is 9.72 Å². The summed E-state index contributed by atoms with van der Waals surface area (Å²) < 4.78 is 52.5. The number of methoxy groups -OCH3 is 1. The number of amides is 4. The van der Waals surface area contributed by atoms with Gasteiger partial charge in [0.15, 0.2) is 6.04 Å². The van der Waals surface area contributed by atoms with E-state index in [1.54, 1.807) is 64.3 Å². The summed E-state index contributed by atoms with van der Waals surface area (Å²) in [7, 11) is 1.55. The number of ether oxygens (including phenoxy) is 3. The van der Waals surface area contributed by atoms with E-state index in [1.807, 2.05) is 0 Å². The third-order valence-corrected chi connectivity index (χ3v) is 8.61. The van der Waals surface area contributed by atoms with Crippen molar-refractivity contribution in [2.75, 3.05) is 25.1 Å².